The first kappa shape index (κ1) is 15.2. The van der Waals surface area contributed by atoms with Crippen LogP contribution in [-0.4, -0.2) is 31.4 Å². The first-order valence-corrected chi connectivity index (χ1v) is 8.38. The molecule has 0 fully saturated rings. The van der Waals surface area contributed by atoms with E-state index in [9.17, 15) is 4.79 Å². The quantitative estimate of drug-likeness (QED) is 0.887. The molecule has 2 heterocycles. The maximum Gasteiger partial charge on any atom is 0.261 e. The molecule has 5 heteroatoms. The number of hydrogen-bond acceptors (Lipinski definition) is 4. The fourth-order valence-corrected chi connectivity index (χ4v) is 3.77. The number of nitrogens with one attached hydrogen (secondary N) is 1. The second-order valence-corrected chi connectivity index (χ2v) is 6.97. The number of thiophene rings is 2. The van der Waals surface area contributed by atoms with Crippen LogP contribution in [0, 0.1) is 0 Å². The zero-order valence-corrected chi connectivity index (χ0v) is 13.7. The lowest BCUT2D eigenvalue weighted by Crippen LogP contribution is -2.33. The molecule has 2 aromatic heterocycles. The third kappa shape index (κ3) is 3.69. The number of rotatable bonds is 6. The lowest BCUT2D eigenvalue weighted by atomic mass is 10.2. The van der Waals surface area contributed by atoms with Gasteiger partial charge in [-0.15, -0.1) is 22.7 Å². The molecular weight excluding hydrogens is 288 g/mol. The number of amides is 1. The lowest BCUT2D eigenvalue weighted by molar-refractivity contribution is 0.0946. The molecule has 1 unspecified atom stereocenters. The fraction of sp³-hybridized carbons (Fsp3) is 0.400. The van der Waals surface area contributed by atoms with Crippen molar-refractivity contribution in [1.29, 1.82) is 0 Å². The zero-order chi connectivity index (χ0) is 14.5. The number of carbonyl (C=O) groups excluding carboxylic acids is 1. The van der Waals surface area contributed by atoms with Crippen LogP contribution in [-0.2, 0) is 6.42 Å². The summed E-state index contributed by atoms with van der Waals surface area (Å²) >= 11 is 3.30. The molecule has 0 aliphatic carbocycles. The Morgan fingerprint density at radius 1 is 1.35 bits per heavy atom. The molecule has 0 aliphatic heterocycles. The summed E-state index contributed by atoms with van der Waals surface area (Å²) in [5.74, 6) is 0.0260. The van der Waals surface area contributed by atoms with E-state index in [1.54, 1.807) is 22.7 Å². The summed E-state index contributed by atoms with van der Waals surface area (Å²) in [4.78, 5) is 17.6. The van der Waals surface area contributed by atoms with Crippen molar-refractivity contribution >= 4 is 28.6 Å². The number of nitrogens with zero attached hydrogens (tertiary/aromatic N) is 1. The molecule has 0 bridgehead atoms. The van der Waals surface area contributed by atoms with E-state index < -0.39 is 0 Å². The first-order chi connectivity index (χ1) is 9.61. The molecule has 0 saturated carbocycles. The predicted molar refractivity (Wildman–Crippen MR) is 86.8 cm³/mol. The topological polar surface area (TPSA) is 32.3 Å². The van der Waals surface area contributed by atoms with Crippen LogP contribution in [0.3, 0.4) is 0 Å². The summed E-state index contributed by atoms with van der Waals surface area (Å²) in [5.41, 5.74) is 0. The van der Waals surface area contributed by atoms with Gasteiger partial charge in [0.05, 0.1) is 10.9 Å². The van der Waals surface area contributed by atoms with Crippen LogP contribution >= 0.6 is 22.7 Å². The second kappa shape index (κ2) is 7.02. The summed E-state index contributed by atoms with van der Waals surface area (Å²) in [7, 11) is 4.08. The number of carbonyl (C=O) groups is 1. The predicted octanol–water partition coefficient (Wildman–Crippen LogP) is 3.40. The van der Waals surface area contributed by atoms with E-state index in [1.807, 2.05) is 32.3 Å². The Balaban J connectivity index is 1.97. The maximum atomic E-state index is 12.2. The SMILES string of the molecule is CCc1ccc(C(=O)NCC(c2cccs2)N(C)C)s1. The van der Waals surface area contributed by atoms with E-state index >= 15 is 0 Å². The van der Waals surface area contributed by atoms with Gasteiger partial charge >= 0.3 is 0 Å². The van der Waals surface area contributed by atoms with E-state index in [4.69, 9.17) is 0 Å². The van der Waals surface area contributed by atoms with Gasteiger partial charge in [0.25, 0.3) is 5.91 Å². The van der Waals surface area contributed by atoms with Crippen LogP contribution in [0.1, 0.15) is 32.4 Å². The van der Waals surface area contributed by atoms with E-state index in [1.165, 1.54) is 9.75 Å². The van der Waals surface area contributed by atoms with Crippen LogP contribution in [0.2, 0.25) is 0 Å². The summed E-state index contributed by atoms with van der Waals surface area (Å²) < 4.78 is 0. The Morgan fingerprint density at radius 2 is 2.15 bits per heavy atom. The summed E-state index contributed by atoms with van der Waals surface area (Å²) in [6.07, 6.45) is 0.980. The van der Waals surface area contributed by atoms with Crippen molar-refractivity contribution in [1.82, 2.24) is 10.2 Å². The van der Waals surface area contributed by atoms with Gasteiger partial charge < -0.3 is 10.2 Å². The minimum Gasteiger partial charge on any atom is -0.349 e. The fourth-order valence-electron chi connectivity index (χ4n) is 1.98. The van der Waals surface area contributed by atoms with Crippen LogP contribution in [0.4, 0.5) is 0 Å². The van der Waals surface area contributed by atoms with Crippen molar-refractivity contribution in [2.75, 3.05) is 20.6 Å². The highest BCUT2D eigenvalue weighted by Gasteiger charge is 2.17. The van der Waals surface area contributed by atoms with Gasteiger partial charge in [-0.1, -0.05) is 13.0 Å². The highest BCUT2D eigenvalue weighted by molar-refractivity contribution is 7.14. The van der Waals surface area contributed by atoms with Gasteiger partial charge in [-0.25, -0.2) is 0 Å². The molecule has 0 aliphatic rings. The molecule has 2 aromatic rings. The van der Waals surface area contributed by atoms with Gasteiger partial charge in [0.1, 0.15) is 0 Å². The average Bonchev–Trinajstić information content (AvgIpc) is 3.09. The van der Waals surface area contributed by atoms with Crippen LogP contribution in [0.5, 0.6) is 0 Å². The molecule has 108 valence electrons. The molecule has 3 nitrogen and oxygen atoms in total. The van der Waals surface area contributed by atoms with E-state index in [0.29, 0.717) is 6.54 Å². The monoisotopic (exact) mass is 308 g/mol. The van der Waals surface area contributed by atoms with Crippen molar-refractivity contribution in [3.05, 3.63) is 44.3 Å². The molecule has 1 N–H and O–H groups in total. The van der Waals surface area contributed by atoms with E-state index in [-0.39, 0.29) is 11.9 Å². The number of aryl methyl sites for hydroxylation is 1. The summed E-state index contributed by atoms with van der Waals surface area (Å²) in [6, 6.07) is 8.33. The Kier molecular flexibility index (Phi) is 5.34. The summed E-state index contributed by atoms with van der Waals surface area (Å²) in [6.45, 7) is 2.73. The highest BCUT2D eigenvalue weighted by atomic mass is 32.1. The Hall–Kier alpha value is -1.17. The Labute approximate surface area is 128 Å². The van der Waals surface area contributed by atoms with Crippen LogP contribution in [0.15, 0.2) is 29.6 Å². The van der Waals surface area contributed by atoms with Crippen molar-refractivity contribution in [2.45, 2.75) is 19.4 Å². The Morgan fingerprint density at radius 3 is 2.70 bits per heavy atom. The normalized spacial score (nSPS) is 12.6. The van der Waals surface area contributed by atoms with Gasteiger partial charge in [-0.2, -0.15) is 0 Å². The molecule has 0 saturated heterocycles. The smallest absolute Gasteiger partial charge is 0.261 e. The third-order valence-electron chi connectivity index (χ3n) is 3.18. The average molecular weight is 308 g/mol. The molecule has 20 heavy (non-hydrogen) atoms. The maximum absolute atomic E-state index is 12.2. The van der Waals surface area contributed by atoms with Crippen molar-refractivity contribution in [2.24, 2.45) is 0 Å². The number of hydrogen-bond donors (Lipinski definition) is 1. The standard InChI is InChI=1S/C15H20N2OS2/c1-4-11-7-8-14(20-11)15(18)16-10-12(17(2)3)13-6-5-9-19-13/h5-9,12H,4,10H2,1-3H3,(H,16,18). The lowest BCUT2D eigenvalue weighted by Gasteiger charge is -2.23. The molecule has 0 radical (unpaired) electrons. The molecule has 0 aromatic carbocycles. The Bertz CT molecular complexity index is 546. The van der Waals surface area contributed by atoms with Gasteiger partial charge in [0.2, 0.25) is 0 Å². The molecule has 2 rings (SSSR count). The van der Waals surface area contributed by atoms with Gasteiger partial charge in [0, 0.05) is 16.3 Å². The highest BCUT2D eigenvalue weighted by Crippen LogP contribution is 2.23. The minimum absolute atomic E-state index is 0.0260. The minimum atomic E-state index is 0.0260. The summed E-state index contributed by atoms with van der Waals surface area (Å²) in [5, 5.41) is 5.11. The van der Waals surface area contributed by atoms with Crippen LogP contribution in [0.25, 0.3) is 0 Å². The molecule has 0 spiro atoms. The molecular formula is C15H20N2OS2. The van der Waals surface area contributed by atoms with E-state index in [2.05, 4.69) is 28.6 Å². The second-order valence-electron chi connectivity index (χ2n) is 4.82. The number of likely N-dealkylation sites (N-methyl/N-ethyl adjacent to an activating group) is 1. The first-order valence-electron chi connectivity index (χ1n) is 6.68. The largest absolute Gasteiger partial charge is 0.349 e. The van der Waals surface area contributed by atoms with Crippen molar-refractivity contribution in [3.63, 3.8) is 0 Å². The van der Waals surface area contributed by atoms with Crippen LogP contribution < -0.4 is 5.32 Å². The molecule has 1 atom stereocenters. The van der Waals surface area contributed by atoms with Crippen molar-refractivity contribution < 1.29 is 4.79 Å². The van der Waals surface area contributed by atoms with Gasteiger partial charge in [-0.05, 0) is 44.1 Å². The zero-order valence-electron chi connectivity index (χ0n) is 12.1. The van der Waals surface area contributed by atoms with Crippen molar-refractivity contribution in [3.8, 4) is 0 Å². The van der Waals surface area contributed by atoms with Gasteiger partial charge in [-0.3, -0.25) is 4.79 Å². The van der Waals surface area contributed by atoms with E-state index in [0.717, 1.165) is 11.3 Å². The van der Waals surface area contributed by atoms with Gasteiger partial charge in [0.15, 0.2) is 0 Å². The third-order valence-corrected chi connectivity index (χ3v) is 5.39. The molecule has 1 amide bonds.